The fraction of sp³-hybridized carbons (Fsp3) is 0.846. The highest BCUT2D eigenvalue weighted by atomic mass is 16.5. The minimum atomic E-state index is 0.0855. The highest BCUT2D eigenvalue weighted by Crippen LogP contribution is 2.42. The smallest absolute Gasteiger partial charge is 0.0759 e. The van der Waals surface area contributed by atoms with Crippen molar-refractivity contribution in [3.8, 4) is 0 Å². The topological polar surface area (TPSA) is 12.5 Å². The Bertz CT molecular complexity index is 277. The van der Waals surface area contributed by atoms with E-state index in [9.17, 15) is 0 Å². The second-order valence-corrected chi connectivity index (χ2v) is 5.01. The standard InChI is InChI=1S/C13H24BNO/c1-6-11(14)10-8-13(3,9-16-5)15(4)12(10)7-2/h11H,6-9H2,1-5H3. The van der Waals surface area contributed by atoms with E-state index in [1.807, 2.05) is 0 Å². The van der Waals surface area contributed by atoms with Crippen LogP contribution in [-0.4, -0.2) is 39.0 Å². The van der Waals surface area contributed by atoms with Crippen molar-refractivity contribution in [2.24, 2.45) is 0 Å². The first-order chi connectivity index (χ1) is 7.50. The second kappa shape index (κ2) is 5.26. The lowest BCUT2D eigenvalue weighted by molar-refractivity contribution is 0.0691. The summed E-state index contributed by atoms with van der Waals surface area (Å²) >= 11 is 0. The minimum absolute atomic E-state index is 0.0855. The van der Waals surface area contributed by atoms with Gasteiger partial charge in [0.05, 0.1) is 20.0 Å². The molecule has 0 aromatic heterocycles. The number of nitrogens with zero attached hydrogens (tertiary/aromatic N) is 1. The Labute approximate surface area is 101 Å². The van der Waals surface area contributed by atoms with Crippen LogP contribution in [0, 0.1) is 0 Å². The molecule has 0 saturated heterocycles. The van der Waals surface area contributed by atoms with Crippen LogP contribution in [0.2, 0.25) is 5.82 Å². The maximum absolute atomic E-state index is 6.20. The number of rotatable bonds is 5. The van der Waals surface area contributed by atoms with Crippen molar-refractivity contribution in [1.82, 2.24) is 4.90 Å². The van der Waals surface area contributed by atoms with E-state index in [1.54, 1.807) is 7.11 Å². The molecule has 0 saturated carbocycles. The van der Waals surface area contributed by atoms with Gasteiger partial charge in [0.15, 0.2) is 0 Å². The lowest BCUT2D eigenvalue weighted by Gasteiger charge is -2.35. The molecule has 0 amide bonds. The van der Waals surface area contributed by atoms with Crippen molar-refractivity contribution in [3.05, 3.63) is 11.3 Å². The molecule has 0 fully saturated rings. The van der Waals surface area contributed by atoms with Crippen molar-refractivity contribution in [2.45, 2.75) is 51.4 Å². The number of likely N-dealkylation sites (N-methyl/N-ethyl adjacent to an activating group) is 1. The quantitative estimate of drug-likeness (QED) is 0.662. The molecule has 1 aliphatic rings. The van der Waals surface area contributed by atoms with Crippen LogP contribution in [-0.2, 0) is 4.74 Å². The Morgan fingerprint density at radius 1 is 1.50 bits per heavy atom. The number of hydrogen-bond donors (Lipinski definition) is 0. The van der Waals surface area contributed by atoms with Gasteiger partial charge >= 0.3 is 0 Å². The molecule has 1 aliphatic heterocycles. The van der Waals surface area contributed by atoms with Gasteiger partial charge in [0.25, 0.3) is 0 Å². The molecule has 3 heteroatoms. The zero-order chi connectivity index (χ0) is 12.3. The van der Waals surface area contributed by atoms with Crippen molar-refractivity contribution in [1.29, 1.82) is 0 Å². The van der Waals surface area contributed by atoms with Gasteiger partial charge in [-0.1, -0.05) is 31.7 Å². The lowest BCUT2D eigenvalue weighted by Crippen LogP contribution is -2.42. The second-order valence-electron chi connectivity index (χ2n) is 5.01. The van der Waals surface area contributed by atoms with Crippen molar-refractivity contribution in [2.75, 3.05) is 20.8 Å². The Morgan fingerprint density at radius 2 is 2.12 bits per heavy atom. The number of ether oxygens (including phenoxy) is 1. The molecule has 0 aromatic rings. The van der Waals surface area contributed by atoms with E-state index < -0.39 is 0 Å². The number of hydrogen-bond acceptors (Lipinski definition) is 2. The Morgan fingerprint density at radius 3 is 2.56 bits per heavy atom. The van der Waals surface area contributed by atoms with Crippen LogP contribution in [0.1, 0.15) is 40.0 Å². The van der Waals surface area contributed by atoms with Gasteiger partial charge in [0.2, 0.25) is 0 Å². The van der Waals surface area contributed by atoms with Crippen LogP contribution in [0.25, 0.3) is 0 Å². The summed E-state index contributed by atoms with van der Waals surface area (Å²) in [6.07, 6.45) is 3.10. The van der Waals surface area contributed by atoms with Crippen LogP contribution in [0.3, 0.4) is 0 Å². The molecule has 90 valence electrons. The average molecular weight is 221 g/mol. The zero-order valence-corrected chi connectivity index (χ0v) is 11.3. The molecule has 2 nitrogen and oxygen atoms in total. The Hall–Kier alpha value is -0.435. The predicted octanol–water partition coefficient (Wildman–Crippen LogP) is 2.76. The van der Waals surface area contributed by atoms with E-state index in [0.717, 1.165) is 25.9 Å². The molecule has 0 aliphatic carbocycles. The molecule has 1 rings (SSSR count). The SMILES string of the molecule is [B]C(CC)C1=C(CC)N(C)C(C)(COC)C1. The highest BCUT2D eigenvalue weighted by molar-refractivity contribution is 6.13. The van der Waals surface area contributed by atoms with Gasteiger partial charge in [0, 0.05) is 19.9 Å². The van der Waals surface area contributed by atoms with Gasteiger partial charge in [-0.25, -0.2) is 0 Å². The summed E-state index contributed by atoms with van der Waals surface area (Å²) in [6, 6.07) is 0. The fourth-order valence-electron chi connectivity index (χ4n) is 2.69. The Kier molecular flexibility index (Phi) is 4.48. The molecule has 2 radical (unpaired) electrons. The highest BCUT2D eigenvalue weighted by Gasteiger charge is 2.39. The van der Waals surface area contributed by atoms with E-state index in [2.05, 4.69) is 32.7 Å². The van der Waals surface area contributed by atoms with Crippen molar-refractivity contribution in [3.63, 3.8) is 0 Å². The summed E-state index contributed by atoms with van der Waals surface area (Å²) < 4.78 is 5.34. The first kappa shape index (κ1) is 13.6. The van der Waals surface area contributed by atoms with Crippen LogP contribution in [0.4, 0.5) is 0 Å². The van der Waals surface area contributed by atoms with Gasteiger partial charge in [-0.2, -0.15) is 0 Å². The fourth-order valence-corrected chi connectivity index (χ4v) is 2.69. The maximum Gasteiger partial charge on any atom is 0.0759 e. The van der Waals surface area contributed by atoms with Crippen LogP contribution in [0.5, 0.6) is 0 Å². The summed E-state index contributed by atoms with van der Waals surface area (Å²) in [4.78, 5) is 2.36. The molecule has 0 bridgehead atoms. The van der Waals surface area contributed by atoms with Gasteiger partial charge in [0.1, 0.15) is 0 Å². The molecular formula is C13H24BNO. The zero-order valence-electron chi connectivity index (χ0n) is 11.3. The average Bonchev–Trinajstić information content (AvgIpc) is 2.51. The molecule has 16 heavy (non-hydrogen) atoms. The normalized spacial score (nSPS) is 27.7. The van der Waals surface area contributed by atoms with E-state index in [4.69, 9.17) is 12.6 Å². The Balaban J connectivity index is 2.94. The van der Waals surface area contributed by atoms with E-state index in [1.165, 1.54) is 11.3 Å². The van der Waals surface area contributed by atoms with Gasteiger partial charge < -0.3 is 9.64 Å². The predicted molar refractivity (Wildman–Crippen MR) is 69.8 cm³/mol. The third kappa shape index (κ3) is 2.29. The first-order valence-corrected chi connectivity index (χ1v) is 6.20. The molecule has 1 heterocycles. The van der Waals surface area contributed by atoms with E-state index in [-0.39, 0.29) is 11.4 Å². The van der Waals surface area contributed by atoms with Crippen molar-refractivity contribution >= 4 is 7.85 Å². The summed E-state index contributed by atoms with van der Waals surface area (Å²) in [5, 5.41) is 0. The maximum atomic E-state index is 6.20. The molecule has 0 spiro atoms. The third-order valence-corrected chi connectivity index (χ3v) is 3.83. The van der Waals surface area contributed by atoms with E-state index >= 15 is 0 Å². The molecule has 2 atom stereocenters. The van der Waals surface area contributed by atoms with Crippen LogP contribution < -0.4 is 0 Å². The molecule has 0 N–H and O–H groups in total. The lowest BCUT2D eigenvalue weighted by atomic mass is 9.75. The summed E-state index contributed by atoms with van der Waals surface area (Å²) in [5.74, 6) is 0.205. The van der Waals surface area contributed by atoms with Crippen LogP contribution >= 0.6 is 0 Å². The van der Waals surface area contributed by atoms with E-state index in [0.29, 0.717) is 0 Å². The molecular weight excluding hydrogens is 197 g/mol. The largest absolute Gasteiger partial charge is 0.382 e. The summed E-state index contributed by atoms with van der Waals surface area (Å²) in [5.41, 5.74) is 2.92. The number of allylic oxidation sites excluding steroid dienone is 1. The molecule has 0 aromatic carbocycles. The first-order valence-electron chi connectivity index (χ1n) is 6.20. The van der Waals surface area contributed by atoms with Gasteiger partial charge in [-0.3, -0.25) is 0 Å². The van der Waals surface area contributed by atoms with Crippen LogP contribution in [0.15, 0.2) is 11.3 Å². The number of methoxy groups -OCH3 is 1. The molecule has 2 unspecified atom stereocenters. The minimum Gasteiger partial charge on any atom is -0.382 e. The summed E-state index contributed by atoms with van der Waals surface area (Å²) in [7, 11) is 10.1. The van der Waals surface area contributed by atoms with Crippen molar-refractivity contribution < 1.29 is 4.74 Å². The van der Waals surface area contributed by atoms with Gasteiger partial charge in [-0.05, 0) is 19.8 Å². The monoisotopic (exact) mass is 221 g/mol. The summed E-state index contributed by atoms with van der Waals surface area (Å²) in [6.45, 7) is 7.36. The third-order valence-electron chi connectivity index (χ3n) is 3.83. The van der Waals surface area contributed by atoms with Gasteiger partial charge in [-0.15, -0.1) is 0 Å².